The molecular weight excluding hydrogens is 248 g/mol. The van der Waals surface area contributed by atoms with Gasteiger partial charge in [-0.3, -0.25) is 0 Å². The van der Waals surface area contributed by atoms with Crippen LogP contribution in [0.1, 0.15) is 65.1 Å². The van der Waals surface area contributed by atoms with Crippen LogP contribution in [0.5, 0.6) is 0 Å². The van der Waals surface area contributed by atoms with Gasteiger partial charge in [0.05, 0.1) is 6.54 Å². The minimum absolute atomic E-state index is 0.607. The Morgan fingerprint density at radius 3 is 2.70 bits per heavy atom. The summed E-state index contributed by atoms with van der Waals surface area (Å²) in [6, 6.07) is 0.638. The summed E-state index contributed by atoms with van der Waals surface area (Å²) in [4.78, 5) is 4.41. The van der Waals surface area contributed by atoms with Crippen molar-refractivity contribution in [1.82, 2.24) is 20.1 Å². The van der Waals surface area contributed by atoms with Crippen molar-refractivity contribution < 1.29 is 0 Å². The Kier molecular flexibility index (Phi) is 6.02. The fourth-order valence-electron chi connectivity index (χ4n) is 3.33. The van der Waals surface area contributed by atoms with Crippen molar-refractivity contribution in [3.63, 3.8) is 0 Å². The van der Waals surface area contributed by atoms with Crippen molar-refractivity contribution in [2.75, 3.05) is 0 Å². The van der Waals surface area contributed by atoms with E-state index in [1.54, 1.807) is 6.33 Å². The summed E-state index contributed by atoms with van der Waals surface area (Å²) in [6.45, 7) is 8.54. The normalized spacial score (nSPS) is 18.6. The molecule has 0 aliphatic heterocycles. The molecule has 1 fully saturated rings. The molecule has 0 radical (unpaired) electrons. The van der Waals surface area contributed by atoms with Gasteiger partial charge >= 0.3 is 0 Å². The standard InChI is InChI=1S/C16H30N4/c1-4-15(14-8-6-5-7-9-14)17-10-16-18-12-19-20(16)11-13(2)3/h12-15,17H,4-11H2,1-3H3. The fourth-order valence-corrected chi connectivity index (χ4v) is 3.33. The maximum absolute atomic E-state index is 4.41. The molecular formula is C16H30N4. The first-order valence-corrected chi connectivity index (χ1v) is 8.30. The molecule has 1 aliphatic carbocycles. The molecule has 0 saturated heterocycles. The van der Waals surface area contributed by atoms with Gasteiger partial charge in [0.1, 0.15) is 12.2 Å². The van der Waals surface area contributed by atoms with E-state index in [1.165, 1.54) is 38.5 Å². The fraction of sp³-hybridized carbons (Fsp3) is 0.875. The Balaban J connectivity index is 1.87. The van der Waals surface area contributed by atoms with Crippen LogP contribution < -0.4 is 5.32 Å². The van der Waals surface area contributed by atoms with E-state index in [1.807, 2.05) is 4.68 Å². The third-order valence-electron chi connectivity index (χ3n) is 4.41. The van der Waals surface area contributed by atoms with E-state index in [4.69, 9.17) is 0 Å². The van der Waals surface area contributed by atoms with E-state index in [0.717, 1.165) is 24.8 Å². The summed E-state index contributed by atoms with van der Waals surface area (Å²) in [7, 11) is 0. The largest absolute Gasteiger partial charge is 0.307 e. The molecule has 1 aromatic rings. The van der Waals surface area contributed by atoms with E-state index in [9.17, 15) is 0 Å². The Labute approximate surface area is 123 Å². The molecule has 0 amide bonds. The summed E-state index contributed by atoms with van der Waals surface area (Å²) < 4.78 is 2.05. The van der Waals surface area contributed by atoms with Crippen LogP contribution in [0.4, 0.5) is 0 Å². The maximum Gasteiger partial charge on any atom is 0.140 e. The Hall–Kier alpha value is -0.900. The van der Waals surface area contributed by atoms with E-state index < -0.39 is 0 Å². The highest BCUT2D eigenvalue weighted by Crippen LogP contribution is 2.27. The molecule has 1 heterocycles. The zero-order valence-electron chi connectivity index (χ0n) is 13.3. The Morgan fingerprint density at radius 2 is 2.05 bits per heavy atom. The Morgan fingerprint density at radius 1 is 1.30 bits per heavy atom. The topological polar surface area (TPSA) is 42.7 Å². The second-order valence-corrected chi connectivity index (χ2v) is 6.55. The monoisotopic (exact) mass is 278 g/mol. The molecule has 4 heteroatoms. The highest BCUT2D eigenvalue weighted by Gasteiger charge is 2.22. The zero-order valence-corrected chi connectivity index (χ0v) is 13.3. The summed E-state index contributed by atoms with van der Waals surface area (Å²) in [5.41, 5.74) is 0. The molecule has 0 aromatic carbocycles. The molecule has 1 aromatic heterocycles. The highest BCUT2D eigenvalue weighted by molar-refractivity contribution is 4.87. The number of hydrogen-bond donors (Lipinski definition) is 1. The van der Waals surface area contributed by atoms with Gasteiger partial charge in [-0.15, -0.1) is 0 Å². The van der Waals surface area contributed by atoms with Crippen molar-refractivity contribution in [2.24, 2.45) is 11.8 Å². The summed E-state index contributed by atoms with van der Waals surface area (Å²) in [5, 5.41) is 8.07. The van der Waals surface area contributed by atoms with Crippen molar-refractivity contribution in [3.05, 3.63) is 12.2 Å². The average molecular weight is 278 g/mol. The molecule has 0 bridgehead atoms. The molecule has 1 unspecified atom stereocenters. The van der Waals surface area contributed by atoms with Crippen LogP contribution in [-0.4, -0.2) is 20.8 Å². The molecule has 4 nitrogen and oxygen atoms in total. The first-order valence-electron chi connectivity index (χ1n) is 8.30. The predicted molar refractivity (Wildman–Crippen MR) is 82.4 cm³/mol. The van der Waals surface area contributed by atoms with Crippen LogP contribution >= 0.6 is 0 Å². The van der Waals surface area contributed by atoms with Gasteiger partial charge in [0.25, 0.3) is 0 Å². The summed E-state index contributed by atoms with van der Waals surface area (Å²) in [6.07, 6.45) is 9.92. The SMILES string of the molecule is CCC(NCc1ncnn1CC(C)C)C1CCCCC1. The molecule has 114 valence electrons. The van der Waals surface area contributed by atoms with Crippen molar-refractivity contribution in [1.29, 1.82) is 0 Å². The minimum atomic E-state index is 0.607. The minimum Gasteiger partial charge on any atom is -0.307 e. The number of aromatic nitrogens is 3. The van der Waals surface area contributed by atoms with Gasteiger partial charge in [0.15, 0.2) is 0 Å². The van der Waals surface area contributed by atoms with Crippen molar-refractivity contribution in [2.45, 2.75) is 78.4 Å². The van der Waals surface area contributed by atoms with Gasteiger partial charge < -0.3 is 5.32 Å². The van der Waals surface area contributed by atoms with Crippen LogP contribution in [0.2, 0.25) is 0 Å². The van der Waals surface area contributed by atoms with Crippen molar-refractivity contribution >= 4 is 0 Å². The second kappa shape index (κ2) is 7.77. The summed E-state index contributed by atoms with van der Waals surface area (Å²) >= 11 is 0. The molecule has 1 atom stereocenters. The van der Waals surface area contributed by atoms with E-state index in [2.05, 4.69) is 36.2 Å². The Bertz CT molecular complexity index is 380. The molecule has 1 saturated carbocycles. The van der Waals surface area contributed by atoms with Crippen LogP contribution in [0.25, 0.3) is 0 Å². The zero-order chi connectivity index (χ0) is 14.4. The lowest BCUT2D eigenvalue weighted by molar-refractivity contribution is 0.259. The quantitative estimate of drug-likeness (QED) is 0.831. The highest BCUT2D eigenvalue weighted by atomic mass is 15.3. The summed E-state index contributed by atoms with van der Waals surface area (Å²) in [5.74, 6) is 2.54. The number of nitrogens with zero attached hydrogens (tertiary/aromatic N) is 3. The molecule has 1 N–H and O–H groups in total. The van der Waals surface area contributed by atoms with Gasteiger partial charge in [0, 0.05) is 12.6 Å². The average Bonchev–Trinajstić information content (AvgIpc) is 2.87. The lowest BCUT2D eigenvalue weighted by Gasteiger charge is -2.30. The van der Waals surface area contributed by atoms with Gasteiger partial charge in [-0.2, -0.15) is 5.10 Å². The maximum atomic E-state index is 4.41. The van der Waals surface area contributed by atoms with E-state index >= 15 is 0 Å². The number of hydrogen-bond acceptors (Lipinski definition) is 3. The molecule has 2 rings (SSSR count). The van der Waals surface area contributed by atoms with Gasteiger partial charge in [-0.1, -0.05) is 40.0 Å². The lowest BCUT2D eigenvalue weighted by Crippen LogP contribution is -2.37. The third kappa shape index (κ3) is 4.30. The smallest absolute Gasteiger partial charge is 0.140 e. The van der Waals surface area contributed by atoms with Crippen LogP contribution in [0.3, 0.4) is 0 Å². The van der Waals surface area contributed by atoms with Gasteiger partial charge in [-0.05, 0) is 31.1 Å². The van der Waals surface area contributed by atoms with Gasteiger partial charge in [0.2, 0.25) is 0 Å². The first-order chi connectivity index (χ1) is 9.70. The first kappa shape index (κ1) is 15.5. The number of nitrogens with one attached hydrogen (secondary N) is 1. The van der Waals surface area contributed by atoms with E-state index in [-0.39, 0.29) is 0 Å². The predicted octanol–water partition coefficient (Wildman–Crippen LogP) is 3.38. The van der Waals surface area contributed by atoms with Crippen LogP contribution in [0, 0.1) is 11.8 Å². The van der Waals surface area contributed by atoms with Crippen LogP contribution in [0.15, 0.2) is 6.33 Å². The molecule has 1 aliphatic rings. The third-order valence-corrected chi connectivity index (χ3v) is 4.41. The van der Waals surface area contributed by atoms with Crippen LogP contribution in [-0.2, 0) is 13.1 Å². The van der Waals surface area contributed by atoms with Crippen molar-refractivity contribution in [3.8, 4) is 0 Å². The number of rotatable bonds is 7. The lowest BCUT2D eigenvalue weighted by atomic mass is 9.83. The second-order valence-electron chi connectivity index (χ2n) is 6.55. The molecule has 20 heavy (non-hydrogen) atoms. The molecule has 0 spiro atoms. The van der Waals surface area contributed by atoms with Gasteiger partial charge in [-0.25, -0.2) is 9.67 Å². The van der Waals surface area contributed by atoms with E-state index in [0.29, 0.717) is 12.0 Å².